The zero-order valence-electron chi connectivity index (χ0n) is 5.79. The van der Waals surface area contributed by atoms with Gasteiger partial charge in [-0.1, -0.05) is 30.3 Å². The molecular weight excluding hydrogens is 140 g/mol. The normalized spacial score (nSPS) is 9.20. The van der Waals surface area contributed by atoms with Crippen LogP contribution in [-0.2, 0) is 10.9 Å². The van der Waals surface area contributed by atoms with Gasteiger partial charge in [0.15, 0.2) is 0 Å². The number of hydrogen-bond acceptors (Lipinski definition) is 1. The highest BCUT2D eigenvalue weighted by molar-refractivity contribution is 6.16. The standard InChI is InChI=1S/C8H10OSi/c9-10-7-6-8-4-2-1-3-5-8/h1-5,10H,6-7H2. The molecule has 1 rings (SSSR count). The van der Waals surface area contributed by atoms with Crippen molar-refractivity contribution in [3.8, 4) is 0 Å². The molecule has 1 aromatic carbocycles. The number of hydrogen-bond donors (Lipinski definition) is 0. The molecule has 0 atom stereocenters. The van der Waals surface area contributed by atoms with Gasteiger partial charge in [0.1, 0.15) is 0 Å². The van der Waals surface area contributed by atoms with Gasteiger partial charge in [-0.15, -0.1) is 0 Å². The molecule has 0 fully saturated rings. The van der Waals surface area contributed by atoms with E-state index in [-0.39, 0.29) is 0 Å². The summed E-state index contributed by atoms with van der Waals surface area (Å²) in [7, 11) is -0.573. The van der Waals surface area contributed by atoms with Crippen LogP contribution in [0.15, 0.2) is 30.3 Å². The molecule has 0 bridgehead atoms. The Morgan fingerprint density at radius 1 is 1.20 bits per heavy atom. The molecule has 2 heteroatoms. The van der Waals surface area contributed by atoms with Crippen LogP contribution < -0.4 is 0 Å². The first-order valence-corrected chi connectivity index (χ1v) is 4.70. The van der Waals surface area contributed by atoms with Gasteiger partial charge in [0.2, 0.25) is 0 Å². The van der Waals surface area contributed by atoms with E-state index in [2.05, 4.69) is 12.1 Å². The maximum absolute atomic E-state index is 10.2. The Kier molecular flexibility index (Phi) is 3.02. The van der Waals surface area contributed by atoms with Crippen molar-refractivity contribution in [3.05, 3.63) is 35.9 Å². The summed E-state index contributed by atoms with van der Waals surface area (Å²) in [6.45, 7) is 0. The van der Waals surface area contributed by atoms with Crippen molar-refractivity contribution in [1.82, 2.24) is 0 Å². The molecule has 0 aliphatic heterocycles. The maximum Gasteiger partial charge on any atom is 0.261 e. The van der Waals surface area contributed by atoms with Crippen molar-refractivity contribution in [2.24, 2.45) is 0 Å². The zero-order chi connectivity index (χ0) is 7.23. The molecule has 0 saturated carbocycles. The predicted octanol–water partition coefficient (Wildman–Crippen LogP) is 1.43. The van der Waals surface area contributed by atoms with E-state index in [0.717, 1.165) is 12.5 Å². The molecule has 0 unspecified atom stereocenters. The molecule has 1 nitrogen and oxygen atoms in total. The SMILES string of the molecule is O=[SiH]CCc1ccccc1. The Morgan fingerprint density at radius 3 is 2.50 bits per heavy atom. The molecule has 0 saturated heterocycles. The van der Waals surface area contributed by atoms with Crippen LogP contribution in [0.3, 0.4) is 0 Å². The summed E-state index contributed by atoms with van der Waals surface area (Å²) in [5.41, 5.74) is 1.28. The first kappa shape index (κ1) is 7.35. The summed E-state index contributed by atoms with van der Waals surface area (Å²) in [6, 6.07) is 11.0. The van der Waals surface area contributed by atoms with E-state index in [9.17, 15) is 4.46 Å². The summed E-state index contributed by atoms with van der Waals surface area (Å²) in [4.78, 5) is 0. The third-order valence-corrected chi connectivity index (χ3v) is 1.92. The lowest BCUT2D eigenvalue weighted by atomic mass is 10.2. The lowest BCUT2D eigenvalue weighted by Crippen LogP contribution is -1.83. The second kappa shape index (κ2) is 4.12. The molecule has 0 aromatic heterocycles. The van der Waals surface area contributed by atoms with Crippen LogP contribution in [0, 0.1) is 0 Å². The Labute approximate surface area is 63.0 Å². The summed E-state index contributed by atoms with van der Waals surface area (Å²) >= 11 is 0. The average Bonchev–Trinajstić information content (AvgIpc) is 2.03. The number of rotatable bonds is 3. The minimum Gasteiger partial charge on any atom is -0.392 e. The quantitative estimate of drug-likeness (QED) is 0.596. The fraction of sp³-hybridized carbons (Fsp3) is 0.250. The smallest absolute Gasteiger partial charge is 0.261 e. The molecule has 0 radical (unpaired) electrons. The summed E-state index contributed by atoms with van der Waals surface area (Å²) in [6.07, 6.45) is 0.958. The van der Waals surface area contributed by atoms with Crippen LogP contribution in [0.1, 0.15) is 5.56 Å². The van der Waals surface area contributed by atoms with Gasteiger partial charge in [0.05, 0.1) is 0 Å². The van der Waals surface area contributed by atoms with E-state index in [1.54, 1.807) is 0 Å². The van der Waals surface area contributed by atoms with E-state index in [0.29, 0.717) is 0 Å². The molecule has 52 valence electrons. The van der Waals surface area contributed by atoms with Crippen molar-refractivity contribution < 1.29 is 4.46 Å². The van der Waals surface area contributed by atoms with Crippen LogP contribution in [-0.4, -0.2) is 9.41 Å². The van der Waals surface area contributed by atoms with Crippen molar-refractivity contribution in [2.45, 2.75) is 12.5 Å². The van der Waals surface area contributed by atoms with Crippen molar-refractivity contribution >= 4 is 9.41 Å². The second-order valence-corrected chi connectivity index (χ2v) is 3.10. The molecule has 0 N–H and O–H groups in total. The molecule has 10 heavy (non-hydrogen) atoms. The Bertz CT molecular complexity index is 196. The van der Waals surface area contributed by atoms with E-state index in [4.69, 9.17) is 0 Å². The molecule has 0 amide bonds. The fourth-order valence-electron chi connectivity index (χ4n) is 0.870. The molecule has 0 heterocycles. The highest BCUT2D eigenvalue weighted by atomic mass is 28.2. The van der Waals surface area contributed by atoms with Crippen molar-refractivity contribution in [1.29, 1.82) is 0 Å². The van der Waals surface area contributed by atoms with Gasteiger partial charge < -0.3 is 4.46 Å². The third kappa shape index (κ3) is 2.23. The second-order valence-electron chi connectivity index (χ2n) is 2.19. The van der Waals surface area contributed by atoms with Crippen molar-refractivity contribution in [3.63, 3.8) is 0 Å². The molecule has 0 aliphatic rings. The first-order chi connectivity index (χ1) is 4.93. The Balaban J connectivity index is 2.50. The molecule has 1 aromatic rings. The summed E-state index contributed by atoms with van der Waals surface area (Å²) in [5, 5.41) is 0. The van der Waals surface area contributed by atoms with Crippen LogP contribution in [0.25, 0.3) is 0 Å². The van der Waals surface area contributed by atoms with E-state index in [1.807, 2.05) is 18.2 Å². The van der Waals surface area contributed by atoms with Crippen LogP contribution in [0.4, 0.5) is 0 Å². The van der Waals surface area contributed by atoms with Gasteiger partial charge in [-0.3, -0.25) is 0 Å². The van der Waals surface area contributed by atoms with Gasteiger partial charge in [0, 0.05) is 0 Å². The topological polar surface area (TPSA) is 17.1 Å². The zero-order valence-corrected chi connectivity index (χ0v) is 6.94. The minimum absolute atomic E-state index is 0.573. The average molecular weight is 150 g/mol. The number of benzene rings is 1. The van der Waals surface area contributed by atoms with E-state index >= 15 is 0 Å². The largest absolute Gasteiger partial charge is 0.392 e. The fourth-order valence-corrected chi connectivity index (χ4v) is 1.32. The monoisotopic (exact) mass is 150 g/mol. The number of aryl methyl sites for hydroxylation is 1. The third-order valence-electron chi connectivity index (χ3n) is 1.39. The van der Waals surface area contributed by atoms with E-state index < -0.39 is 9.41 Å². The molecule has 0 aliphatic carbocycles. The lowest BCUT2D eigenvalue weighted by Gasteiger charge is -1.93. The Morgan fingerprint density at radius 2 is 1.90 bits per heavy atom. The van der Waals surface area contributed by atoms with Gasteiger partial charge >= 0.3 is 0 Å². The highest BCUT2D eigenvalue weighted by Crippen LogP contribution is 2.00. The highest BCUT2D eigenvalue weighted by Gasteiger charge is 1.88. The van der Waals surface area contributed by atoms with E-state index in [1.165, 1.54) is 5.56 Å². The predicted molar refractivity (Wildman–Crippen MR) is 42.8 cm³/mol. The van der Waals surface area contributed by atoms with Gasteiger partial charge in [-0.25, -0.2) is 0 Å². The van der Waals surface area contributed by atoms with Gasteiger partial charge in [-0.2, -0.15) is 0 Å². The van der Waals surface area contributed by atoms with Crippen LogP contribution in [0.5, 0.6) is 0 Å². The van der Waals surface area contributed by atoms with Crippen LogP contribution >= 0.6 is 0 Å². The lowest BCUT2D eigenvalue weighted by molar-refractivity contribution is 0.575. The Hall–Kier alpha value is -0.763. The molecule has 0 spiro atoms. The summed E-state index contributed by atoms with van der Waals surface area (Å²) in [5.74, 6) is 0. The molecular formula is C8H10OSi. The minimum atomic E-state index is -0.573. The van der Waals surface area contributed by atoms with Gasteiger partial charge in [-0.05, 0) is 18.0 Å². The van der Waals surface area contributed by atoms with Crippen molar-refractivity contribution in [2.75, 3.05) is 0 Å². The van der Waals surface area contributed by atoms with Crippen LogP contribution in [0.2, 0.25) is 6.04 Å². The summed E-state index contributed by atoms with van der Waals surface area (Å²) < 4.78 is 10.2. The maximum atomic E-state index is 10.2. The first-order valence-electron chi connectivity index (χ1n) is 3.41. The van der Waals surface area contributed by atoms with Gasteiger partial charge in [0.25, 0.3) is 9.41 Å².